The maximum absolute atomic E-state index is 11.6. The second-order valence-electron chi connectivity index (χ2n) is 4.36. The van der Waals surface area contributed by atoms with Crippen LogP contribution in [0.2, 0.25) is 0 Å². The van der Waals surface area contributed by atoms with Crippen molar-refractivity contribution < 1.29 is 9.53 Å². The third kappa shape index (κ3) is 1.62. The number of ether oxygens (including phenoxy) is 1. The first-order chi connectivity index (χ1) is 6.21. The van der Waals surface area contributed by atoms with Crippen LogP contribution in [0.5, 0.6) is 0 Å². The van der Waals surface area contributed by atoms with E-state index in [9.17, 15) is 4.79 Å². The van der Waals surface area contributed by atoms with Crippen molar-refractivity contribution in [2.24, 2.45) is 5.41 Å². The van der Waals surface area contributed by atoms with E-state index in [1.54, 1.807) is 0 Å². The molecule has 2 rings (SSSR count). The van der Waals surface area contributed by atoms with Gasteiger partial charge in [-0.2, -0.15) is 0 Å². The molecular formula is C11H16O2. The van der Waals surface area contributed by atoms with Gasteiger partial charge in [0.15, 0.2) is 0 Å². The van der Waals surface area contributed by atoms with Crippen molar-refractivity contribution in [2.75, 3.05) is 0 Å². The number of hydrogen-bond acceptors (Lipinski definition) is 2. The van der Waals surface area contributed by atoms with Gasteiger partial charge in [-0.05, 0) is 38.7 Å². The van der Waals surface area contributed by atoms with E-state index < -0.39 is 0 Å². The zero-order valence-electron chi connectivity index (χ0n) is 8.08. The maximum Gasteiger partial charge on any atom is 0.312 e. The molecule has 0 amide bonds. The Hall–Kier alpha value is -0.790. The van der Waals surface area contributed by atoms with Crippen LogP contribution in [-0.2, 0) is 9.53 Å². The van der Waals surface area contributed by atoms with Crippen LogP contribution in [0.15, 0.2) is 12.2 Å². The molecule has 2 nitrogen and oxygen atoms in total. The molecule has 1 fully saturated rings. The lowest BCUT2D eigenvalue weighted by Gasteiger charge is -2.36. The van der Waals surface area contributed by atoms with Gasteiger partial charge in [-0.1, -0.05) is 12.5 Å². The molecule has 0 N–H and O–H groups in total. The number of allylic oxidation sites excluding steroid dienone is 1. The summed E-state index contributed by atoms with van der Waals surface area (Å²) in [6, 6.07) is 0. The highest BCUT2D eigenvalue weighted by Crippen LogP contribution is 2.41. The molecule has 2 aliphatic rings. The summed E-state index contributed by atoms with van der Waals surface area (Å²) in [5.74, 6) is 0.00954. The molecule has 13 heavy (non-hydrogen) atoms. The Morgan fingerprint density at radius 1 is 1.54 bits per heavy atom. The molecule has 72 valence electrons. The minimum Gasteiger partial charge on any atom is -0.458 e. The Labute approximate surface area is 79.0 Å². The van der Waals surface area contributed by atoms with E-state index in [0.29, 0.717) is 0 Å². The Morgan fingerprint density at radius 2 is 2.31 bits per heavy atom. The quantitative estimate of drug-likeness (QED) is 0.482. The monoisotopic (exact) mass is 180 g/mol. The Balaban J connectivity index is 1.87. The predicted octanol–water partition coefficient (Wildman–Crippen LogP) is 2.44. The molecule has 0 aromatic carbocycles. The van der Waals surface area contributed by atoms with Gasteiger partial charge in [-0.25, -0.2) is 0 Å². The van der Waals surface area contributed by atoms with Crippen LogP contribution in [-0.4, -0.2) is 12.1 Å². The normalized spacial score (nSPS) is 29.8. The van der Waals surface area contributed by atoms with Crippen LogP contribution < -0.4 is 0 Å². The van der Waals surface area contributed by atoms with Crippen molar-refractivity contribution in [2.45, 2.75) is 45.1 Å². The summed E-state index contributed by atoms with van der Waals surface area (Å²) in [6.07, 6.45) is 9.35. The maximum atomic E-state index is 11.6. The topological polar surface area (TPSA) is 26.3 Å². The fourth-order valence-corrected chi connectivity index (χ4v) is 1.89. The lowest BCUT2D eigenvalue weighted by Crippen LogP contribution is -2.37. The second-order valence-corrected chi connectivity index (χ2v) is 4.36. The van der Waals surface area contributed by atoms with Crippen LogP contribution in [0.1, 0.15) is 39.0 Å². The van der Waals surface area contributed by atoms with E-state index in [0.717, 1.165) is 25.7 Å². The smallest absolute Gasteiger partial charge is 0.312 e. The van der Waals surface area contributed by atoms with Gasteiger partial charge < -0.3 is 4.74 Å². The molecule has 0 saturated heterocycles. The molecule has 1 unspecified atom stereocenters. The van der Waals surface area contributed by atoms with Crippen molar-refractivity contribution in [1.82, 2.24) is 0 Å². The third-order valence-corrected chi connectivity index (χ3v) is 3.18. The molecule has 0 aromatic heterocycles. The summed E-state index contributed by atoms with van der Waals surface area (Å²) >= 11 is 0. The number of esters is 1. The highest BCUT2D eigenvalue weighted by atomic mass is 16.5. The Kier molecular flexibility index (Phi) is 2.14. The van der Waals surface area contributed by atoms with E-state index in [1.807, 2.05) is 13.0 Å². The first-order valence-electron chi connectivity index (χ1n) is 5.08. The standard InChI is InChI=1S/C11H16O2/c1-11(7-4-8-11)10(12)13-9-5-2-3-6-9/h2,5,9H,3-4,6-8H2,1H3. The molecule has 2 aliphatic carbocycles. The van der Waals surface area contributed by atoms with E-state index in [1.165, 1.54) is 6.42 Å². The number of carbonyl (C=O) groups is 1. The van der Waals surface area contributed by atoms with E-state index in [-0.39, 0.29) is 17.5 Å². The molecule has 0 spiro atoms. The van der Waals surface area contributed by atoms with E-state index in [4.69, 9.17) is 4.74 Å². The number of rotatable bonds is 2. The number of carbonyl (C=O) groups excluding carboxylic acids is 1. The summed E-state index contributed by atoms with van der Waals surface area (Å²) in [6.45, 7) is 2.01. The van der Waals surface area contributed by atoms with E-state index >= 15 is 0 Å². The molecule has 0 radical (unpaired) electrons. The lowest BCUT2D eigenvalue weighted by molar-refractivity contribution is -0.163. The van der Waals surface area contributed by atoms with E-state index in [2.05, 4.69) is 6.08 Å². The summed E-state index contributed by atoms with van der Waals surface area (Å²) in [4.78, 5) is 11.6. The minimum absolute atomic E-state index is 0.00954. The summed E-state index contributed by atoms with van der Waals surface area (Å²) in [7, 11) is 0. The SMILES string of the molecule is CC1(C(=O)OC2C=CCC2)CCC1. The molecule has 0 aliphatic heterocycles. The zero-order chi connectivity index (χ0) is 9.31. The molecule has 2 heteroatoms. The van der Waals surface area contributed by atoms with Crippen molar-refractivity contribution in [3.05, 3.63) is 12.2 Å². The predicted molar refractivity (Wildman–Crippen MR) is 50.2 cm³/mol. The molecular weight excluding hydrogens is 164 g/mol. The average molecular weight is 180 g/mol. The minimum atomic E-state index is -0.156. The van der Waals surface area contributed by atoms with Crippen molar-refractivity contribution >= 4 is 5.97 Å². The second kappa shape index (κ2) is 3.17. The molecule has 0 aromatic rings. The largest absolute Gasteiger partial charge is 0.458 e. The van der Waals surface area contributed by atoms with Gasteiger partial charge in [-0.3, -0.25) is 4.79 Å². The molecule has 1 atom stereocenters. The van der Waals surface area contributed by atoms with Crippen molar-refractivity contribution in [1.29, 1.82) is 0 Å². The summed E-state index contributed by atoms with van der Waals surface area (Å²) < 4.78 is 5.39. The van der Waals surface area contributed by atoms with Crippen LogP contribution in [0.25, 0.3) is 0 Å². The number of hydrogen-bond donors (Lipinski definition) is 0. The van der Waals surface area contributed by atoms with Crippen LogP contribution in [0.4, 0.5) is 0 Å². The highest BCUT2D eigenvalue weighted by molar-refractivity contribution is 5.77. The van der Waals surface area contributed by atoms with Crippen LogP contribution in [0, 0.1) is 5.41 Å². The van der Waals surface area contributed by atoms with Crippen LogP contribution in [0.3, 0.4) is 0 Å². The van der Waals surface area contributed by atoms with Gasteiger partial charge in [0.05, 0.1) is 5.41 Å². The zero-order valence-corrected chi connectivity index (χ0v) is 8.08. The van der Waals surface area contributed by atoms with Gasteiger partial charge in [0.25, 0.3) is 0 Å². The first-order valence-corrected chi connectivity index (χ1v) is 5.08. The van der Waals surface area contributed by atoms with Crippen LogP contribution >= 0.6 is 0 Å². The molecule has 1 saturated carbocycles. The highest BCUT2D eigenvalue weighted by Gasteiger charge is 2.41. The Morgan fingerprint density at radius 3 is 2.77 bits per heavy atom. The molecule has 0 heterocycles. The molecule has 0 bridgehead atoms. The fourth-order valence-electron chi connectivity index (χ4n) is 1.89. The average Bonchev–Trinajstić information content (AvgIpc) is 2.52. The van der Waals surface area contributed by atoms with Gasteiger partial charge >= 0.3 is 5.97 Å². The van der Waals surface area contributed by atoms with Crippen molar-refractivity contribution in [3.63, 3.8) is 0 Å². The summed E-state index contributed by atoms with van der Waals surface area (Å²) in [5, 5.41) is 0. The van der Waals surface area contributed by atoms with Gasteiger partial charge in [0.1, 0.15) is 6.10 Å². The third-order valence-electron chi connectivity index (χ3n) is 3.18. The van der Waals surface area contributed by atoms with Gasteiger partial charge in [0.2, 0.25) is 0 Å². The lowest BCUT2D eigenvalue weighted by atomic mass is 9.70. The summed E-state index contributed by atoms with van der Waals surface area (Å²) in [5.41, 5.74) is -0.156. The Bertz CT molecular complexity index is 238. The van der Waals surface area contributed by atoms with Gasteiger partial charge in [-0.15, -0.1) is 0 Å². The first kappa shape index (κ1) is 8.79. The fraction of sp³-hybridized carbons (Fsp3) is 0.727. The van der Waals surface area contributed by atoms with Crippen molar-refractivity contribution in [3.8, 4) is 0 Å². The van der Waals surface area contributed by atoms with Gasteiger partial charge in [0, 0.05) is 0 Å².